The van der Waals surface area contributed by atoms with Gasteiger partial charge in [0.2, 0.25) is 46.5 Å². The minimum atomic E-state index is -2.25. The molecule has 0 saturated heterocycles. The van der Waals surface area contributed by atoms with E-state index in [1.807, 2.05) is 0 Å². The van der Waals surface area contributed by atoms with Crippen LogP contribution in [0.3, 0.4) is 0 Å². The molecule has 0 fully saturated rings. The molecule has 0 bridgehead atoms. The third-order valence-electron chi connectivity index (χ3n) is 5.97. The second-order valence-corrected chi connectivity index (χ2v) is 8.79. The Morgan fingerprint density at radius 2 is 0.471 bits per heavy atom. The van der Waals surface area contributed by atoms with E-state index in [9.17, 15) is 70.2 Å². The van der Waals surface area contributed by atoms with Crippen LogP contribution in [0.2, 0.25) is 0 Å². The summed E-state index contributed by atoms with van der Waals surface area (Å²) < 4.78 is 208. The number of hydrogen-bond donors (Lipinski definition) is 4. The van der Waals surface area contributed by atoms with Crippen molar-refractivity contribution in [3.63, 3.8) is 0 Å². The molecule has 0 aliphatic heterocycles. The summed E-state index contributed by atoms with van der Waals surface area (Å²) in [5, 5.41) is 34.6. The molecule has 0 spiro atoms. The largest absolute Gasteiger partial charge is 0.503 e. The molecule has 4 rings (SSSR count). The SMILES string of the molecule is C=Cc1c(F)c(F)c(O)c(F)c1F.C=Cc1c(F)c(F)c(O)c(F)c1F.Oc1c(F)c(F)c(Cc2c(F)c(F)c(O)c(F)c2F)c(F)c1F.[Y].[Y]. The first kappa shape index (κ1) is 47.6. The molecule has 4 aromatic rings. The first-order valence-corrected chi connectivity index (χ1v) is 12.0. The predicted octanol–water partition coefficient (Wildman–Crippen LogP) is 8.98. The van der Waals surface area contributed by atoms with Crippen LogP contribution < -0.4 is 0 Å². The Balaban J connectivity index is 0.000000771. The molecule has 0 aromatic heterocycles. The molecule has 4 nitrogen and oxygen atoms in total. The molecule has 0 heterocycles. The minimum absolute atomic E-state index is 0. The molecule has 0 amide bonds. The Morgan fingerprint density at radius 3 is 0.627 bits per heavy atom. The number of phenolic OH excluding ortho intramolecular Hbond substituents is 4. The van der Waals surface area contributed by atoms with Crippen molar-refractivity contribution in [2.75, 3.05) is 0 Å². The van der Waals surface area contributed by atoms with E-state index in [-0.39, 0.29) is 65.4 Å². The van der Waals surface area contributed by atoms with Gasteiger partial charge < -0.3 is 20.4 Å². The molecule has 0 unspecified atom stereocenters. The third kappa shape index (κ3) is 9.18. The van der Waals surface area contributed by atoms with E-state index >= 15 is 0 Å². The maximum atomic E-state index is 13.5. The van der Waals surface area contributed by atoms with Crippen LogP contribution in [0.4, 0.5) is 70.2 Å². The van der Waals surface area contributed by atoms with Gasteiger partial charge in [-0.25, -0.2) is 35.1 Å². The Kier molecular flexibility index (Phi) is 17.7. The van der Waals surface area contributed by atoms with Gasteiger partial charge in [0.1, 0.15) is 0 Å². The molecule has 0 aliphatic carbocycles. The Labute approximate surface area is 324 Å². The van der Waals surface area contributed by atoms with Gasteiger partial charge in [0.25, 0.3) is 0 Å². The van der Waals surface area contributed by atoms with Crippen LogP contribution in [0.1, 0.15) is 22.3 Å². The summed E-state index contributed by atoms with van der Waals surface area (Å²) in [4.78, 5) is 0. The topological polar surface area (TPSA) is 80.9 Å². The minimum Gasteiger partial charge on any atom is -0.503 e. The zero-order valence-corrected chi connectivity index (χ0v) is 29.9. The van der Waals surface area contributed by atoms with Gasteiger partial charge in [-0.1, -0.05) is 25.3 Å². The van der Waals surface area contributed by atoms with Gasteiger partial charge in [-0.15, -0.1) is 0 Å². The second-order valence-electron chi connectivity index (χ2n) is 8.79. The van der Waals surface area contributed by atoms with Gasteiger partial charge in [-0.3, -0.25) is 0 Å². The summed E-state index contributed by atoms with van der Waals surface area (Å²) in [6.07, 6.45) is -0.385. The van der Waals surface area contributed by atoms with Crippen molar-refractivity contribution >= 4 is 12.2 Å². The Morgan fingerprint density at radius 1 is 0.314 bits per heavy atom. The fourth-order valence-corrected chi connectivity index (χ4v) is 3.45. The Bertz CT molecular complexity index is 1750. The standard InChI is InChI=1S/C13H4F8O2.2C8H4F4O.2Y/c14-4-2(5(15)9(19)12(22)8(4)18)1-3-6(16)10(20)13(23)11(21)7(3)17;2*1-2-3-4(9)6(11)8(13)7(12)5(3)10;;/h22-23H,1H2;2*2,13H,1H2;;. The van der Waals surface area contributed by atoms with Crippen molar-refractivity contribution in [1.82, 2.24) is 0 Å². The number of rotatable bonds is 4. The molecule has 51 heavy (non-hydrogen) atoms. The molecule has 0 saturated carbocycles. The summed E-state index contributed by atoms with van der Waals surface area (Å²) in [5.41, 5.74) is -5.10. The molecule has 4 N–H and O–H groups in total. The van der Waals surface area contributed by atoms with Crippen molar-refractivity contribution in [2.24, 2.45) is 0 Å². The van der Waals surface area contributed by atoms with Crippen LogP contribution in [0.15, 0.2) is 13.2 Å². The van der Waals surface area contributed by atoms with Crippen LogP contribution >= 0.6 is 0 Å². The van der Waals surface area contributed by atoms with Gasteiger partial charge in [0.15, 0.2) is 69.5 Å². The van der Waals surface area contributed by atoms with E-state index in [0.717, 1.165) is 0 Å². The molecule has 2 radical (unpaired) electrons. The van der Waals surface area contributed by atoms with E-state index in [0.29, 0.717) is 12.2 Å². The zero-order valence-electron chi connectivity index (χ0n) is 24.3. The van der Waals surface area contributed by atoms with E-state index in [2.05, 4.69) is 13.2 Å². The number of benzene rings is 4. The van der Waals surface area contributed by atoms with Crippen molar-refractivity contribution in [1.29, 1.82) is 0 Å². The third-order valence-corrected chi connectivity index (χ3v) is 5.97. The van der Waals surface area contributed by atoms with Gasteiger partial charge >= 0.3 is 0 Å². The van der Waals surface area contributed by atoms with Crippen molar-refractivity contribution in [3.8, 4) is 23.0 Å². The van der Waals surface area contributed by atoms with Gasteiger partial charge in [-0.05, 0) is 0 Å². The summed E-state index contributed by atoms with van der Waals surface area (Å²) in [6.45, 7) is 5.94. The molecule has 270 valence electrons. The quantitative estimate of drug-likeness (QED) is 0.122. The molecule has 0 aliphatic rings. The average molecular weight is 906 g/mol. The van der Waals surface area contributed by atoms with E-state index in [1.165, 1.54) is 0 Å². The summed E-state index contributed by atoms with van der Waals surface area (Å²) >= 11 is 0. The fraction of sp³-hybridized carbons (Fsp3) is 0.0345. The van der Waals surface area contributed by atoms with Crippen molar-refractivity contribution in [3.05, 3.63) is 128 Å². The van der Waals surface area contributed by atoms with Crippen molar-refractivity contribution in [2.45, 2.75) is 6.42 Å². The van der Waals surface area contributed by atoms with Crippen LogP contribution in [-0.4, -0.2) is 20.4 Å². The molecule has 22 heteroatoms. The van der Waals surface area contributed by atoms with E-state index in [1.54, 1.807) is 0 Å². The maximum absolute atomic E-state index is 13.5. The number of phenols is 4. The first-order valence-electron chi connectivity index (χ1n) is 12.0. The monoisotopic (exact) mass is 906 g/mol. The average Bonchev–Trinajstić information content (AvgIpc) is 3.08. The first-order chi connectivity index (χ1) is 22.6. The summed E-state index contributed by atoms with van der Waals surface area (Å²) in [5.74, 6) is -39.1. The molecular weight excluding hydrogens is 894 g/mol. The molecule has 4 aromatic carbocycles. The zero-order chi connectivity index (χ0) is 38.0. The maximum Gasteiger partial charge on any atom is 0.204 e. The normalized spacial score (nSPS) is 10.2. The molecule has 0 atom stereocenters. The van der Waals surface area contributed by atoms with Crippen LogP contribution in [0, 0.1) is 93.1 Å². The Hall–Kier alpha value is -3.35. The number of halogens is 16. The smallest absolute Gasteiger partial charge is 0.204 e. The van der Waals surface area contributed by atoms with E-state index < -0.39 is 145 Å². The summed E-state index contributed by atoms with van der Waals surface area (Å²) in [7, 11) is 0. The fourth-order valence-electron chi connectivity index (χ4n) is 3.45. The van der Waals surface area contributed by atoms with Crippen molar-refractivity contribution < 1.29 is 156 Å². The number of hydrogen-bond acceptors (Lipinski definition) is 4. The van der Waals surface area contributed by atoms with Gasteiger partial charge in [0.05, 0.1) is 11.1 Å². The summed E-state index contributed by atoms with van der Waals surface area (Å²) in [6, 6.07) is 0. The van der Waals surface area contributed by atoms with Gasteiger partial charge in [-0.2, -0.15) is 35.1 Å². The number of aromatic hydroxyl groups is 4. The van der Waals surface area contributed by atoms with Gasteiger partial charge in [0, 0.05) is 83.0 Å². The van der Waals surface area contributed by atoms with Crippen LogP contribution in [-0.2, 0) is 71.8 Å². The van der Waals surface area contributed by atoms with E-state index in [4.69, 9.17) is 20.4 Å². The molecular formula is C29H12F16O4Y2. The van der Waals surface area contributed by atoms with Crippen LogP contribution in [0.25, 0.3) is 12.2 Å². The second kappa shape index (κ2) is 18.9. The van der Waals surface area contributed by atoms with Crippen LogP contribution in [0.5, 0.6) is 23.0 Å². The predicted molar refractivity (Wildman–Crippen MR) is 135 cm³/mol.